The second-order valence-electron chi connectivity index (χ2n) is 9.32. The van der Waals surface area contributed by atoms with Gasteiger partial charge < -0.3 is 0 Å². The van der Waals surface area contributed by atoms with E-state index in [4.69, 9.17) is 12.2 Å². The molecule has 4 aromatic carbocycles. The lowest BCUT2D eigenvalue weighted by Crippen LogP contribution is -2.08. The number of alkyl halides is 3. The van der Waals surface area contributed by atoms with Gasteiger partial charge in [-0.25, -0.2) is 4.98 Å². The summed E-state index contributed by atoms with van der Waals surface area (Å²) in [6.45, 7) is 4.78. The molecule has 0 saturated heterocycles. The van der Waals surface area contributed by atoms with Crippen LogP contribution in [0.2, 0.25) is 0 Å². The van der Waals surface area contributed by atoms with Crippen LogP contribution in [0, 0.1) is 6.92 Å². The highest BCUT2D eigenvalue weighted by molar-refractivity contribution is 8.00. The maximum Gasteiger partial charge on any atom is 0.446 e. The van der Waals surface area contributed by atoms with E-state index in [0.717, 1.165) is 50.8 Å². The SMILES string of the molecule is CCc1cccc(C)c1CC(=S)CN=Cc1ccc2c(ccc3c2ncn3-c2ccc(SC(F)(F)F)cc2)c1. The molecule has 8 heteroatoms. The zero-order valence-electron chi connectivity index (χ0n) is 21.5. The summed E-state index contributed by atoms with van der Waals surface area (Å²) >= 11 is 5.53. The van der Waals surface area contributed by atoms with E-state index >= 15 is 0 Å². The van der Waals surface area contributed by atoms with Crippen LogP contribution >= 0.6 is 24.0 Å². The Morgan fingerprint density at radius 2 is 1.85 bits per heavy atom. The summed E-state index contributed by atoms with van der Waals surface area (Å²) in [5.74, 6) is 0. The van der Waals surface area contributed by atoms with E-state index in [0.29, 0.717) is 6.54 Å². The lowest BCUT2D eigenvalue weighted by atomic mass is 9.96. The summed E-state index contributed by atoms with van der Waals surface area (Å²) in [4.78, 5) is 10.3. The summed E-state index contributed by atoms with van der Waals surface area (Å²) in [6.07, 6.45) is 5.29. The zero-order valence-corrected chi connectivity index (χ0v) is 23.1. The zero-order chi connectivity index (χ0) is 27.6. The Morgan fingerprint density at radius 3 is 2.59 bits per heavy atom. The number of thioether (sulfide) groups is 1. The van der Waals surface area contributed by atoms with Gasteiger partial charge in [0.25, 0.3) is 0 Å². The number of thiocarbonyl (C=S) groups is 1. The number of aliphatic imine (C=N–C) groups is 1. The molecule has 0 aliphatic heterocycles. The Morgan fingerprint density at radius 1 is 1.05 bits per heavy atom. The van der Waals surface area contributed by atoms with Crippen LogP contribution in [0.5, 0.6) is 0 Å². The fourth-order valence-electron chi connectivity index (χ4n) is 4.78. The largest absolute Gasteiger partial charge is 0.446 e. The predicted octanol–water partition coefficient (Wildman–Crippen LogP) is 8.69. The van der Waals surface area contributed by atoms with Gasteiger partial charge in [0.2, 0.25) is 0 Å². The van der Waals surface area contributed by atoms with Crippen LogP contribution < -0.4 is 0 Å². The number of hydrogen-bond donors (Lipinski definition) is 0. The molecule has 1 aromatic heterocycles. The molecule has 0 radical (unpaired) electrons. The molecular formula is C31H26F3N3S2. The number of hydrogen-bond acceptors (Lipinski definition) is 4. The Bertz CT molecular complexity index is 1690. The minimum atomic E-state index is -4.31. The number of aromatic nitrogens is 2. The first-order chi connectivity index (χ1) is 18.7. The smallest absolute Gasteiger partial charge is 0.299 e. The highest BCUT2D eigenvalue weighted by Gasteiger charge is 2.29. The third kappa shape index (κ3) is 6.23. The maximum absolute atomic E-state index is 12.7. The average molecular weight is 562 g/mol. The average Bonchev–Trinajstić information content (AvgIpc) is 3.34. The van der Waals surface area contributed by atoms with E-state index in [2.05, 4.69) is 48.1 Å². The van der Waals surface area contributed by atoms with Gasteiger partial charge in [-0.2, -0.15) is 13.2 Å². The summed E-state index contributed by atoms with van der Waals surface area (Å²) < 4.78 is 39.9. The summed E-state index contributed by atoms with van der Waals surface area (Å²) in [6, 6.07) is 22.8. The lowest BCUT2D eigenvalue weighted by Gasteiger charge is -2.11. The van der Waals surface area contributed by atoms with Crippen LogP contribution in [0.15, 0.2) is 89.0 Å². The standard InChI is InChI=1S/C31H26F3N3S2/c1-3-22-6-4-5-20(2)28(22)16-25(38)18-35-17-21-7-13-27-23(15-21)8-14-29-30(27)36-19-37(29)24-9-11-26(12-10-24)39-31(32,33)34/h4-15,17,19H,3,16,18H2,1-2H3. The molecule has 0 aliphatic carbocycles. The van der Waals surface area contributed by atoms with Gasteiger partial charge in [0.15, 0.2) is 0 Å². The van der Waals surface area contributed by atoms with Gasteiger partial charge in [0.1, 0.15) is 6.33 Å². The van der Waals surface area contributed by atoms with Gasteiger partial charge in [-0.3, -0.25) is 9.56 Å². The van der Waals surface area contributed by atoms with Gasteiger partial charge in [0, 0.05) is 33.5 Å². The Balaban J connectivity index is 1.32. The van der Waals surface area contributed by atoms with E-state index in [-0.39, 0.29) is 16.7 Å². The molecule has 0 spiro atoms. The Kier molecular flexibility index (Phi) is 7.86. The van der Waals surface area contributed by atoms with E-state index in [9.17, 15) is 13.2 Å². The third-order valence-electron chi connectivity index (χ3n) is 6.67. The molecule has 0 amide bonds. The second-order valence-corrected chi connectivity index (χ2v) is 11.0. The number of rotatable bonds is 8. The van der Waals surface area contributed by atoms with Crippen LogP contribution in [0.25, 0.3) is 27.5 Å². The number of fused-ring (bicyclic) bond motifs is 3. The summed E-state index contributed by atoms with van der Waals surface area (Å²) in [5.41, 5.74) is 3.04. The normalized spacial score (nSPS) is 12.1. The third-order valence-corrected chi connectivity index (χ3v) is 7.69. The van der Waals surface area contributed by atoms with Crippen molar-refractivity contribution >= 4 is 56.9 Å². The Hall–Kier alpha value is -3.49. The summed E-state index contributed by atoms with van der Waals surface area (Å²) in [5, 5.41) is 2.03. The monoisotopic (exact) mass is 561 g/mol. The van der Waals surface area contributed by atoms with Crippen LogP contribution in [-0.4, -0.2) is 32.7 Å². The molecule has 1 heterocycles. The van der Waals surface area contributed by atoms with Gasteiger partial charge in [-0.15, -0.1) is 0 Å². The lowest BCUT2D eigenvalue weighted by molar-refractivity contribution is -0.0328. The molecule has 0 fully saturated rings. The van der Waals surface area contributed by atoms with Gasteiger partial charge >= 0.3 is 5.51 Å². The first-order valence-electron chi connectivity index (χ1n) is 12.6. The molecule has 0 unspecified atom stereocenters. The van der Waals surface area contributed by atoms with Crippen molar-refractivity contribution < 1.29 is 13.2 Å². The molecule has 0 bridgehead atoms. The minimum Gasteiger partial charge on any atom is -0.299 e. The summed E-state index contributed by atoms with van der Waals surface area (Å²) in [7, 11) is 0. The van der Waals surface area contributed by atoms with Crippen molar-refractivity contribution in [1.29, 1.82) is 0 Å². The highest BCUT2D eigenvalue weighted by atomic mass is 32.2. The molecule has 0 atom stereocenters. The molecular weight excluding hydrogens is 535 g/mol. The van der Waals surface area contributed by atoms with Crippen molar-refractivity contribution in [3.8, 4) is 5.69 Å². The quantitative estimate of drug-likeness (QED) is 0.108. The van der Waals surface area contributed by atoms with Crippen LogP contribution in [0.4, 0.5) is 13.2 Å². The number of benzene rings is 4. The molecule has 5 aromatic rings. The van der Waals surface area contributed by atoms with Gasteiger partial charge in [0.05, 0.1) is 17.6 Å². The van der Waals surface area contributed by atoms with Crippen molar-refractivity contribution in [1.82, 2.24) is 9.55 Å². The number of nitrogens with zero attached hydrogens (tertiary/aromatic N) is 3. The van der Waals surface area contributed by atoms with Crippen molar-refractivity contribution in [3.63, 3.8) is 0 Å². The molecule has 198 valence electrons. The van der Waals surface area contributed by atoms with E-state index in [1.54, 1.807) is 18.5 Å². The first-order valence-corrected chi connectivity index (χ1v) is 13.8. The van der Waals surface area contributed by atoms with Crippen molar-refractivity contribution in [2.24, 2.45) is 4.99 Å². The van der Waals surface area contributed by atoms with Crippen LogP contribution in [0.3, 0.4) is 0 Å². The predicted molar refractivity (Wildman–Crippen MR) is 160 cm³/mol. The second kappa shape index (κ2) is 11.3. The van der Waals surface area contributed by atoms with E-state index in [1.807, 2.05) is 35.0 Å². The van der Waals surface area contributed by atoms with E-state index < -0.39 is 5.51 Å². The van der Waals surface area contributed by atoms with Crippen LogP contribution in [0.1, 0.15) is 29.2 Å². The Labute approximate surface area is 234 Å². The minimum absolute atomic E-state index is 0.120. The first kappa shape index (κ1) is 27.1. The van der Waals surface area contributed by atoms with Gasteiger partial charge in [-0.1, -0.05) is 55.5 Å². The molecule has 39 heavy (non-hydrogen) atoms. The van der Waals surface area contributed by atoms with Crippen molar-refractivity contribution in [2.75, 3.05) is 6.54 Å². The maximum atomic E-state index is 12.7. The highest BCUT2D eigenvalue weighted by Crippen LogP contribution is 2.37. The molecule has 3 nitrogen and oxygen atoms in total. The number of halogens is 3. The number of aryl methyl sites for hydroxylation is 2. The molecule has 0 saturated carbocycles. The molecule has 0 N–H and O–H groups in total. The van der Waals surface area contributed by atoms with Crippen molar-refractivity contribution in [2.45, 2.75) is 37.1 Å². The fourth-order valence-corrected chi connectivity index (χ4v) is 5.53. The fraction of sp³-hybridized carbons (Fsp3) is 0.194. The van der Waals surface area contributed by atoms with Crippen LogP contribution in [-0.2, 0) is 12.8 Å². The van der Waals surface area contributed by atoms with Gasteiger partial charge in [-0.05, 0) is 89.1 Å². The topological polar surface area (TPSA) is 30.2 Å². The van der Waals surface area contributed by atoms with Crippen molar-refractivity contribution in [3.05, 3.63) is 101 Å². The number of imidazole rings is 1. The van der Waals surface area contributed by atoms with E-state index in [1.165, 1.54) is 28.8 Å². The molecule has 0 aliphatic rings. The molecule has 5 rings (SSSR count).